The molecular weight excluding hydrogens is 416 g/mol. The van der Waals surface area contributed by atoms with Crippen molar-refractivity contribution in [2.75, 3.05) is 26.2 Å². The molecule has 0 bridgehead atoms. The standard InChI is InChI=1S/C26H26N4O3/c1-18-17-22(19(2)32-18)26(31)30-15-13-29(14-16-30)23(20-9-5-3-6-10-20)25-27-24(28-33-25)21-11-7-4-8-12-21/h3-12,17,23H,13-16H2,1-2H3/t23-/m1/s1. The average Bonchev–Trinajstić information content (AvgIpc) is 3.47. The van der Waals surface area contributed by atoms with Crippen LogP contribution in [0.2, 0.25) is 0 Å². The van der Waals surface area contributed by atoms with E-state index in [1.807, 2.05) is 73.3 Å². The smallest absolute Gasteiger partial charge is 0.257 e. The second-order valence-electron chi connectivity index (χ2n) is 8.29. The summed E-state index contributed by atoms with van der Waals surface area (Å²) in [4.78, 5) is 21.9. The molecule has 33 heavy (non-hydrogen) atoms. The van der Waals surface area contributed by atoms with Crippen molar-refractivity contribution in [2.24, 2.45) is 0 Å². The Kier molecular flexibility index (Phi) is 5.79. The molecule has 7 nitrogen and oxygen atoms in total. The third kappa shape index (κ3) is 4.32. The first-order valence-electron chi connectivity index (χ1n) is 11.1. The first-order chi connectivity index (χ1) is 16.1. The Hall–Kier alpha value is -3.71. The predicted molar refractivity (Wildman–Crippen MR) is 124 cm³/mol. The van der Waals surface area contributed by atoms with E-state index in [9.17, 15) is 4.79 Å². The van der Waals surface area contributed by atoms with Gasteiger partial charge in [0.1, 0.15) is 17.6 Å². The third-order valence-electron chi connectivity index (χ3n) is 6.06. The molecule has 1 aliphatic rings. The molecule has 2 aromatic carbocycles. The number of hydrogen-bond donors (Lipinski definition) is 0. The molecule has 2 aromatic heterocycles. The van der Waals surface area contributed by atoms with Gasteiger partial charge in [-0.15, -0.1) is 0 Å². The topological polar surface area (TPSA) is 75.6 Å². The van der Waals surface area contributed by atoms with Gasteiger partial charge in [-0.3, -0.25) is 9.69 Å². The molecule has 0 N–H and O–H groups in total. The summed E-state index contributed by atoms with van der Waals surface area (Å²) in [7, 11) is 0. The van der Waals surface area contributed by atoms with Crippen molar-refractivity contribution in [3.8, 4) is 11.4 Å². The van der Waals surface area contributed by atoms with Crippen molar-refractivity contribution >= 4 is 5.91 Å². The summed E-state index contributed by atoms with van der Waals surface area (Å²) in [6.45, 7) is 6.33. The third-order valence-corrected chi connectivity index (χ3v) is 6.06. The first-order valence-corrected chi connectivity index (χ1v) is 11.1. The highest BCUT2D eigenvalue weighted by Crippen LogP contribution is 2.30. The first kappa shape index (κ1) is 21.2. The highest BCUT2D eigenvalue weighted by molar-refractivity contribution is 5.95. The highest BCUT2D eigenvalue weighted by Gasteiger charge is 2.32. The monoisotopic (exact) mass is 442 g/mol. The van der Waals surface area contributed by atoms with E-state index >= 15 is 0 Å². The molecule has 1 atom stereocenters. The largest absolute Gasteiger partial charge is 0.466 e. The van der Waals surface area contributed by atoms with Crippen LogP contribution in [0, 0.1) is 13.8 Å². The van der Waals surface area contributed by atoms with Gasteiger partial charge in [-0.05, 0) is 25.5 Å². The number of rotatable bonds is 5. The second-order valence-corrected chi connectivity index (χ2v) is 8.29. The van der Waals surface area contributed by atoms with Crippen LogP contribution >= 0.6 is 0 Å². The summed E-state index contributed by atoms with van der Waals surface area (Å²) in [6.07, 6.45) is 0. The molecule has 7 heteroatoms. The van der Waals surface area contributed by atoms with E-state index in [4.69, 9.17) is 13.9 Å². The average molecular weight is 443 g/mol. The normalized spacial score (nSPS) is 15.5. The molecular formula is C26H26N4O3. The minimum Gasteiger partial charge on any atom is -0.466 e. The minimum absolute atomic E-state index is 0.0180. The zero-order chi connectivity index (χ0) is 22.8. The van der Waals surface area contributed by atoms with Crippen LogP contribution in [-0.2, 0) is 0 Å². The van der Waals surface area contributed by atoms with Crippen molar-refractivity contribution in [1.82, 2.24) is 19.9 Å². The van der Waals surface area contributed by atoms with E-state index in [2.05, 4.69) is 22.2 Å². The minimum atomic E-state index is -0.175. The van der Waals surface area contributed by atoms with Crippen molar-refractivity contribution < 1.29 is 13.7 Å². The number of carbonyl (C=O) groups is 1. The van der Waals surface area contributed by atoms with E-state index in [0.29, 0.717) is 49.2 Å². The summed E-state index contributed by atoms with van der Waals surface area (Å²) in [6, 6.07) is 21.6. The summed E-state index contributed by atoms with van der Waals surface area (Å²) >= 11 is 0. The molecule has 4 aromatic rings. The molecule has 0 unspecified atom stereocenters. The van der Waals surface area contributed by atoms with Gasteiger partial charge in [0.25, 0.3) is 5.91 Å². The molecule has 0 saturated carbocycles. The lowest BCUT2D eigenvalue weighted by Crippen LogP contribution is -2.50. The lowest BCUT2D eigenvalue weighted by molar-refractivity contribution is 0.0571. The Morgan fingerprint density at radius 3 is 2.24 bits per heavy atom. The van der Waals surface area contributed by atoms with Crippen LogP contribution in [0.1, 0.15) is 39.4 Å². The number of furan rings is 1. The van der Waals surface area contributed by atoms with Gasteiger partial charge in [-0.2, -0.15) is 4.98 Å². The zero-order valence-electron chi connectivity index (χ0n) is 18.8. The fraction of sp³-hybridized carbons (Fsp3) is 0.269. The van der Waals surface area contributed by atoms with Crippen LogP contribution in [-0.4, -0.2) is 52.0 Å². The molecule has 1 saturated heterocycles. The fourth-order valence-electron chi connectivity index (χ4n) is 4.39. The molecule has 0 spiro atoms. The maximum Gasteiger partial charge on any atom is 0.257 e. The molecule has 1 aliphatic heterocycles. The van der Waals surface area contributed by atoms with Gasteiger partial charge >= 0.3 is 0 Å². The Morgan fingerprint density at radius 1 is 0.939 bits per heavy atom. The molecule has 1 fully saturated rings. The number of hydrogen-bond acceptors (Lipinski definition) is 6. The van der Waals surface area contributed by atoms with Crippen molar-refractivity contribution in [2.45, 2.75) is 19.9 Å². The van der Waals surface area contributed by atoms with Crippen LogP contribution in [0.4, 0.5) is 0 Å². The molecule has 1 amide bonds. The maximum atomic E-state index is 13.0. The van der Waals surface area contributed by atoms with Gasteiger partial charge in [0, 0.05) is 31.7 Å². The SMILES string of the molecule is Cc1cc(C(=O)N2CCN([C@H](c3ccccc3)c3nc(-c4ccccc4)no3)CC2)c(C)o1. The Morgan fingerprint density at radius 2 is 1.61 bits per heavy atom. The van der Waals surface area contributed by atoms with Crippen molar-refractivity contribution in [3.05, 3.63) is 95.3 Å². The van der Waals surface area contributed by atoms with Gasteiger partial charge in [0.05, 0.1) is 5.56 Å². The van der Waals surface area contributed by atoms with Crippen molar-refractivity contribution in [3.63, 3.8) is 0 Å². The van der Waals surface area contributed by atoms with Crippen LogP contribution < -0.4 is 0 Å². The van der Waals surface area contributed by atoms with Crippen LogP contribution in [0.25, 0.3) is 11.4 Å². The van der Waals surface area contributed by atoms with Crippen LogP contribution in [0.15, 0.2) is 75.7 Å². The zero-order valence-corrected chi connectivity index (χ0v) is 18.8. The summed E-state index contributed by atoms with van der Waals surface area (Å²) in [5.41, 5.74) is 2.65. The van der Waals surface area contributed by atoms with E-state index in [1.165, 1.54) is 0 Å². The molecule has 5 rings (SSSR count). The number of piperazine rings is 1. The number of aryl methyl sites for hydroxylation is 2. The van der Waals surface area contributed by atoms with Gasteiger partial charge in [-0.1, -0.05) is 65.8 Å². The quantitative estimate of drug-likeness (QED) is 0.453. The Balaban J connectivity index is 1.37. The fourth-order valence-corrected chi connectivity index (χ4v) is 4.39. The summed E-state index contributed by atoms with van der Waals surface area (Å²) in [5.74, 6) is 2.57. The summed E-state index contributed by atoms with van der Waals surface area (Å²) in [5, 5.41) is 4.23. The number of nitrogens with zero attached hydrogens (tertiary/aromatic N) is 4. The molecule has 0 radical (unpaired) electrons. The Bertz CT molecular complexity index is 1220. The Labute approximate surface area is 192 Å². The van der Waals surface area contributed by atoms with Crippen LogP contribution in [0.3, 0.4) is 0 Å². The van der Waals surface area contributed by atoms with Gasteiger partial charge in [0.15, 0.2) is 0 Å². The molecule has 0 aliphatic carbocycles. The lowest BCUT2D eigenvalue weighted by atomic mass is 10.0. The highest BCUT2D eigenvalue weighted by atomic mass is 16.5. The van der Waals surface area contributed by atoms with Gasteiger partial charge < -0.3 is 13.8 Å². The number of benzene rings is 2. The second kappa shape index (κ2) is 9.03. The van der Waals surface area contributed by atoms with E-state index in [0.717, 1.165) is 16.9 Å². The van der Waals surface area contributed by atoms with Crippen LogP contribution in [0.5, 0.6) is 0 Å². The van der Waals surface area contributed by atoms with Gasteiger partial charge in [-0.25, -0.2) is 0 Å². The lowest BCUT2D eigenvalue weighted by Gasteiger charge is -2.38. The molecule has 3 heterocycles. The predicted octanol–water partition coefficient (Wildman–Crippen LogP) is 4.49. The van der Waals surface area contributed by atoms with E-state index in [1.54, 1.807) is 0 Å². The van der Waals surface area contributed by atoms with E-state index in [-0.39, 0.29) is 11.9 Å². The number of carbonyl (C=O) groups excluding carboxylic acids is 1. The maximum absolute atomic E-state index is 13.0. The number of aromatic nitrogens is 2. The summed E-state index contributed by atoms with van der Waals surface area (Å²) < 4.78 is 11.3. The molecule has 168 valence electrons. The number of amides is 1. The van der Waals surface area contributed by atoms with Crippen molar-refractivity contribution in [1.29, 1.82) is 0 Å². The van der Waals surface area contributed by atoms with Gasteiger partial charge in [0.2, 0.25) is 11.7 Å². The van der Waals surface area contributed by atoms with E-state index < -0.39 is 0 Å².